The Hall–Kier alpha value is -1.41. The summed E-state index contributed by atoms with van der Waals surface area (Å²) in [5.41, 5.74) is 2.72. The van der Waals surface area contributed by atoms with E-state index in [-0.39, 0.29) is 12.4 Å². The second-order valence-electron chi connectivity index (χ2n) is 3.56. The van der Waals surface area contributed by atoms with E-state index in [1.165, 1.54) is 17.5 Å². The van der Waals surface area contributed by atoms with E-state index in [0.717, 1.165) is 12.8 Å². The largest absolute Gasteiger partial charge is 0.265 e. The lowest BCUT2D eigenvalue weighted by atomic mass is 10.1. The fraction of sp³-hybridized carbons (Fsp3) is 0.231. The van der Waals surface area contributed by atoms with E-state index >= 15 is 0 Å². The summed E-state index contributed by atoms with van der Waals surface area (Å²) in [6.45, 7) is 0. The van der Waals surface area contributed by atoms with Gasteiger partial charge in [0.15, 0.2) is 0 Å². The van der Waals surface area contributed by atoms with Crippen LogP contribution in [0.1, 0.15) is 17.5 Å². The Morgan fingerprint density at radius 1 is 0.688 bits per heavy atom. The van der Waals surface area contributed by atoms with Crippen LogP contribution in [0.25, 0.3) is 0 Å². The van der Waals surface area contributed by atoms with Crippen molar-refractivity contribution in [3.8, 4) is 0 Å². The topological polar surface area (TPSA) is 25.8 Å². The van der Waals surface area contributed by atoms with Gasteiger partial charge in [0.2, 0.25) is 0 Å². The van der Waals surface area contributed by atoms with Gasteiger partial charge in [0.25, 0.3) is 0 Å². The minimum atomic E-state index is 0. The number of hydrogen-bond acceptors (Lipinski definition) is 2. The van der Waals surface area contributed by atoms with Crippen LogP contribution >= 0.6 is 12.4 Å². The third kappa shape index (κ3) is 3.99. The van der Waals surface area contributed by atoms with Crippen molar-refractivity contribution in [2.24, 2.45) is 0 Å². The molecule has 0 radical (unpaired) electrons. The molecule has 2 rings (SSSR count). The predicted octanol–water partition coefficient (Wildman–Crippen LogP) is 3.07. The zero-order chi connectivity index (χ0) is 10.3. The zero-order valence-corrected chi connectivity index (χ0v) is 9.86. The molecule has 0 spiro atoms. The summed E-state index contributed by atoms with van der Waals surface area (Å²) in [6, 6.07) is 8.30. The lowest BCUT2D eigenvalue weighted by Gasteiger charge is -2.01. The lowest BCUT2D eigenvalue weighted by Crippen LogP contribution is -1.90. The molecule has 0 aromatic carbocycles. The molecule has 84 valence electrons. The summed E-state index contributed by atoms with van der Waals surface area (Å²) in [6.07, 6.45) is 10.8. The van der Waals surface area contributed by atoms with Crippen LogP contribution in [0.15, 0.2) is 49.1 Å². The van der Waals surface area contributed by atoms with Crippen LogP contribution in [0.5, 0.6) is 0 Å². The fourth-order valence-electron chi connectivity index (χ4n) is 1.60. The first-order chi connectivity index (χ1) is 7.45. The summed E-state index contributed by atoms with van der Waals surface area (Å²) in [5, 5.41) is 0. The summed E-state index contributed by atoms with van der Waals surface area (Å²) < 4.78 is 0. The van der Waals surface area contributed by atoms with Gasteiger partial charge in [-0.1, -0.05) is 0 Å². The Bertz CT molecular complexity index is 350. The molecule has 0 unspecified atom stereocenters. The highest BCUT2D eigenvalue weighted by atomic mass is 35.5. The van der Waals surface area contributed by atoms with E-state index in [0.29, 0.717) is 0 Å². The standard InChI is InChI=1S/C13H14N2.ClH/c1(2-12-4-8-14-9-5-12)3-13-6-10-15-11-7-13;/h4-11H,1-3H2;1H. The SMILES string of the molecule is Cl.c1cc(CCCc2ccncc2)ccn1. The molecular weight excluding hydrogens is 220 g/mol. The first kappa shape index (κ1) is 12.7. The van der Waals surface area contributed by atoms with Gasteiger partial charge in [-0.25, -0.2) is 0 Å². The minimum absolute atomic E-state index is 0. The first-order valence-electron chi connectivity index (χ1n) is 5.23. The number of halogens is 1. The van der Waals surface area contributed by atoms with Gasteiger partial charge in [-0.3, -0.25) is 9.97 Å². The molecule has 0 saturated heterocycles. The third-order valence-electron chi connectivity index (χ3n) is 2.43. The molecule has 0 bridgehead atoms. The van der Waals surface area contributed by atoms with Crippen LogP contribution < -0.4 is 0 Å². The van der Waals surface area contributed by atoms with E-state index in [1.54, 1.807) is 0 Å². The van der Waals surface area contributed by atoms with Gasteiger partial charge in [-0.05, 0) is 54.7 Å². The van der Waals surface area contributed by atoms with E-state index in [4.69, 9.17) is 0 Å². The van der Waals surface area contributed by atoms with Crippen LogP contribution in [-0.4, -0.2) is 9.97 Å². The van der Waals surface area contributed by atoms with Gasteiger partial charge in [0, 0.05) is 24.8 Å². The summed E-state index contributed by atoms with van der Waals surface area (Å²) in [5.74, 6) is 0. The van der Waals surface area contributed by atoms with Gasteiger partial charge in [0.1, 0.15) is 0 Å². The second-order valence-corrected chi connectivity index (χ2v) is 3.56. The Morgan fingerprint density at radius 3 is 1.44 bits per heavy atom. The molecule has 0 atom stereocenters. The van der Waals surface area contributed by atoms with Crippen molar-refractivity contribution in [2.45, 2.75) is 19.3 Å². The van der Waals surface area contributed by atoms with E-state index < -0.39 is 0 Å². The Labute approximate surface area is 102 Å². The number of nitrogens with zero attached hydrogens (tertiary/aromatic N) is 2. The lowest BCUT2D eigenvalue weighted by molar-refractivity contribution is 0.818. The van der Waals surface area contributed by atoms with Gasteiger partial charge >= 0.3 is 0 Å². The van der Waals surface area contributed by atoms with Crippen LogP contribution in [0.4, 0.5) is 0 Å². The molecule has 0 aliphatic rings. The number of rotatable bonds is 4. The van der Waals surface area contributed by atoms with E-state index in [9.17, 15) is 0 Å². The van der Waals surface area contributed by atoms with Gasteiger partial charge in [0.05, 0.1) is 0 Å². The molecule has 2 aromatic heterocycles. The number of hydrogen-bond donors (Lipinski definition) is 0. The smallest absolute Gasteiger partial charge is 0.0270 e. The Morgan fingerprint density at radius 2 is 1.06 bits per heavy atom. The predicted molar refractivity (Wildman–Crippen MR) is 67.7 cm³/mol. The van der Waals surface area contributed by atoms with Crippen molar-refractivity contribution in [1.29, 1.82) is 0 Å². The van der Waals surface area contributed by atoms with Crippen molar-refractivity contribution < 1.29 is 0 Å². The van der Waals surface area contributed by atoms with Crippen LogP contribution in [0.3, 0.4) is 0 Å². The van der Waals surface area contributed by atoms with Crippen LogP contribution in [-0.2, 0) is 12.8 Å². The van der Waals surface area contributed by atoms with E-state index in [2.05, 4.69) is 34.2 Å². The van der Waals surface area contributed by atoms with Crippen molar-refractivity contribution in [3.05, 3.63) is 60.2 Å². The molecular formula is C13H15ClN2. The molecule has 2 aromatic rings. The fourth-order valence-corrected chi connectivity index (χ4v) is 1.60. The molecule has 3 heteroatoms. The minimum Gasteiger partial charge on any atom is -0.265 e. The normalized spacial score (nSPS) is 9.50. The molecule has 0 aliphatic carbocycles. The molecule has 16 heavy (non-hydrogen) atoms. The molecule has 0 fully saturated rings. The highest BCUT2D eigenvalue weighted by Gasteiger charge is 1.94. The number of pyridine rings is 2. The average Bonchev–Trinajstić information content (AvgIpc) is 2.32. The summed E-state index contributed by atoms with van der Waals surface area (Å²) >= 11 is 0. The average molecular weight is 235 g/mol. The van der Waals surface area contributed by atoms with Crippen molar-refractivity contribution in [2.75, 3.05) is 0 Å². The molecule has 0 aliphatic heterocycles. The Kier molecular flexibility index (Phi) is 5.51. The summed E-state index contributed by atoms with van der Waals surface area (Å²) in [4.78, 5) is 8.01. The van der Waals surface area contributed by atoms with Gasteiger partial charge in [-0.2, -0.15) is 0 Å². The van der Waals surface area contributed by atoms with Crippen LogP contribution in [0.2, 0.25) is 0 Å². The van der Waals surface area contributed by atoms with Gasteiger partial charge < -0.3 is 0 Å². The molecule has 0 saturated carbocycles. The molecule has 2 heterocycles. The maximum Gasteiger partial charge on any atom is 0.0270 e. The summed E-state index contributed by atoms with van der Waals surface area (Å²) in [7, 11) is 0. The maximum absolute atomic E-state index is 4.00. The zero-order valence-electron chi connectivity index (χ0n) is 9.04. The molecule has 0 amide bonds. The number of aromatic nitrogens is 2. The van der Waals surface area contributed by atoms with Gasteiger partial charge in [-0.15, -0.1) is 12.4 Å². The van der Waals surface area contributed by atoms with E-state index in [1.807, 2.05) is 24.8 Å². The molecule has 2 nitrogen and oxygen atoms in total. The second kappa shape index (κ2) is 6.96. The monoisotopic (exact) mass is 234 g/mol. The van der Waals surface area contributed by atoms with Crippen molar-refractivity contribution in [3.63, 3.8) is 0 Å². The highest BCUT2D eigenvalue weighted by molar-refractivity contribution is 5.85. The maximum atomic E-state index is 4.00. The molecule has 0 N–H and O–H groups in total. The van der Waals surface area contributed by atoms with Crippen molar-refractivity contribution >= 4 is 12.4 Å². The van der Waals surface area contributed by atoms with Crippen molar-refractivity contribution in [1.82, 2.24) is 9.97 Å². The highest BCUT2D eigenvalue weighted by Crippen LogP contribution is 2.06. The quantitative estimate of drug-likeness (QED) is 0.813. The van der Waals surface area contributed by atoms with Crippen LogP contribution in [0, 0.1) is 0 Å². The first-order valence-corrected chi connectivity index (χ1v) is 5.23. The Balaban J connectivity index is 0.00000128. The number of aryl methyl sites for hydroxylation is 2. The third-order valence-corrected chi connectivity index (χ3v) is 2.43.